The van der Waals surface area contributed by atoms with Crippen molar-refractivity contribution in [3.63, 3.8) is 0 Å². The summed E-state index contributed by atoms with van der Waals surface area (Å²) in [6.07, 6.45) is 1.40. The molecule has 5 heterocycles. The molecule has 200 valence electrons. The molecule has 0 bridgehead atoms. The van der Waals surface area contributed by atoms with E-state index in [-0.39, 0.29) is 18.8 Å². The van der Waals surface area contributed by atoms with Crippen LogP contribution in [0.4, 0.5) is 11.8 Å². The fourth-order valence-corrected chi connectivity index (χ4v) is 5.40. The van der Waals surface area contributed by atoms with Crippen LogP contribution in [0.5, 0.6) is 11.5 Å². The molecule has 1 atom stereocenters. The number of nitrogen functional groups attached to an aromatic ring is 1. The molecule has 39 heavy (non-hydrogen) atoms. The number of aromatic nitrogens is 4. The average Bonchev–Trinajstić information content (AvgIpc) is 3.73. The zero-order valence-corrected chi connectivity index (χ0v) is 21.8. The zero-order valence-electron chi connectivity index (χ0n) is 21.0. The molecule has 2 aromatic carbocycles. The highest BCUT2D eigenvalue weighted by atomic mass is 35.5. The molecule has 11 nitrogen and oxygen atoms in total. The zero-order chi connectivity index (χ0) is 26.5. The number of carbonyl (C=O) groups excluding carboxylic acids is 1. The summed E-state index contributed by atoms with van der Waals surface area (Å²) in [6.45, 7) is 3.16. The second-order valence-electron chi connectivity index (χ2n) is 9.73. The predicted octanol–water partition coefficient (Wildman–Crippen LogP) is 3.27. The number of piperazine rings is 1. The van der Waals surface area contributed by atoms with E-state index in [9.17, 15) is 4.79 Å². The monoisotopic (exact) mass is 547 g/mol. The van der Waals surface area contributed by atoms with Gasteiger partial charge in [0.1, 0.15) is 11.9 Å². The van der Waals surface area contributed by atoms with Gasteiger partial charge in [-0.25, -0.2) is 9.67 Å². The highest BCUT2D eigenvalue weighted by Gasteiger charge is 2.31. The van der Waals surface area contributed by atoms with Gasteiger partial charge < -0.3 is 29.7 Å². The number of anilines is 2. The number of hydrogen-bond donors (Lipinski definition) is 1. The van der Waals surface area contributed by atoms with Crippen molar-refractivity contribution in [2.75, 3.05) is 50.2 Å². The molecule has 7 rings (SSSR count). The van der Waals surface area contributed by atoms with Gasteiger partial charge in [-0.15, -0.1) is 5.10 Å². The van der Waals surface area contributed by atoms with E-state index < -0.39 is 0 Å². The summed E-state index contributed by atoms with van der Waals surface area (Å²) in [5.74, 6) is 2.34. The average molecular weight is 548 g/mol. The van der Waals surface area contributed by atoms with Gasteiger partial charge in [0.15, 0.2) is 17.1 Å². The van der Waals surface area contributed by atoms with E-state index in [1.807, 2.05) is 35.2 Å². The maximum absolute atomic E-state index is 12.8. The fraction of sp³-hybridized carbons (Fsp3) is 0.333. The molecule has 2 fully saturated rings. The number of nitrogens with two attached hydrogens (primary N) is 1. The summed E-state index contributed by atoms with van der Waals surface area (Å²) in [5, 5.41) is 6.01. The lowest BCUT2D eigenvalue weighted by molar-refractivity contribution is -0.141. The molecule has 0 spiro atoms. The normalized spacial score (nSPS) is 18.7. The highest BCUT2D eigenvalue weighted by molar-refractivity contribution is 6.30. The molecular formula is C27H26ClN7O4. The van der Waals surface area contributed by atoms with Crippen LogP contribution in [0.1, 0.15) is 12.8 Å². The minimum absolute atomic E-state index is 0.0686. The largest absolute Gasteiger partial charge is 0.454 e. The molecule has 2 aromatic heterocycles. The molecule has 12 heteroatoms. The second-order valence-corrected chi connectivity index (χ2v) is 10.2. The van der Waals surface area contributed by atoms with Gasteiger partial charge >= 0.3 is 0 Å². The number of rotatable bonds is 4. The lowest BCUT2D eigenvalue weighted by Gasteiger charge is -2.35. The summed E-state index contributed by atoms with van der Waals surface area (Å²) in [4.78, 5) is 26.6. The van der Waals surface area contributed by atoms with Crippen molar-refractivity contribution >= 4 is 40.3 Å². The van der Waals surface area contributed by atoms with Crippen molar-refractivity contribution in [3.05, 3.63) is 47.5 Å². The molecule has 3 aliphatic rings. The summed E-state index contributed by atoms with van der Waals surface area (Å²) in [7, 11) is 0. The van der Waals surface area contributed by atoms with Crippen LogP contribution in [0.25, 0.3) is 28.0 Å². The van der Waals surface area contributed by atoms with E-state index >= 15 is 0 Å². The number of ether oxygens (including phenoxy) is 3. The minimum Gasteiger partial charge on any atom is -0.454 e. The van der Waals surface area contributed by atoms with Gasteiger partial charge in [-0.2, -0.15) is 4.98 Å². The lowest BCUT2D eigenvalue weighted by Crippen LogP contribution is -2.51. The first-order valence-corrected chi connectivity index (χ1v) is 13.3. The van der Waals surface area contributed by atoms with Crippen LogP contribution in [0.3, 0.4) is 0 Å². The van der Waals surface area contributed by atoms with Crippen LogP contribution < -0.4 is 20.1 Å². The minimum atomic E-state index is -0.318. The SMILES string of the molecule is Nc1c2c(-c3ccc4c(c3)OCO4)nc(N3CCN(C(=O)[C@@H]4CCCO4)CC3)nc2nn1-c1ccc(Cl)cc1. The Kier molecular flexibility index (Phi) is 5.89. The van der Waals surface area contributed by atoms with Crippen LogP contribution >= 0.6 is 11.6 Å². The standard InChI is InChI=1S/C27H26ClN7O4/c28-17-4-6-18(7-5-17)35-24(29)22-23(16-3-8-19-21(14-16)39-15-38-19)30-27(31-25(22)32-35)34-11-9-33(10-12-34)26(36)20-2-1-13-37-20/h3-8,14,20H,1-2,9-13,15,29H2/t20-/m0/s1. The second kappa shape index (κ2) is 9.58. The number of halogens is 1. The van der Waals surface area contributed by atoms with E-state index in [0.29, 0.717) is 77.8 Å². The Hall–Kier alpha value is -4.09. The maximum atomic E-state index is 12.8. The van der Waals surface area contributed by atoms with Crippen LogP contribution in [-0.2, 0) is 9.53 Å². The van der Waals surface area contributed by atoms with E-state index in [0.717, 1.165) is 24.1 Å². The maximum Gasteiger partial charge on any atom is 0.251 e. The molecular weight excluding hydrogens is 522 g/mol. The number of fused-ring (bicyclic) bond motifs is 2. The first-order valence-electron chi connectivity index (χ1n) is 12.9. The Morgan fingerprint density at radius 1 is 1.00 bits per heavy atom. The summed E-state index contributed by atoms with van der Waals surface area (Å²) in [5.41, 5.74) is 9.34. The van der Waals surface area contributed by atoms with Gasteiger partial charge in [-0.3, -0.25) is 4.79 Å². The molecule has 0 saturated carbocycles. The van der Waals surface area contributed by atoms with E-state index in [2.05, 4.69) is 4.90 Å². The molecule has 4 aromatic rings. The summed E-state index contributed by atoms with van der Waals surface area (Å²) >= 11 is 6.10. The predicted molar refractivity (Wildman–Crippen MR) is 145 cm³/mol. The number of carbonyl (C=O) groups is 1. The molecule has 0 aliphatic carbocycles. The number of nitrogens with zero attached hydrogens (tertiary/aromatic N) is 6. The summed E-state index contributed by atoms with van der Waals surface area (Å²) < 4.78 is 18.4. The van der Waals surface area contributed by atoms with Gasteiger partial charge in [-0.1, -0.05) is 11.6 Å². The van der Waals surface area contributed by atoms with Crippen LogP contribution in [-0.4, -0.2) is 76.2 Å². The third kappa shape index (κ3) is 4.27. The van der Waals surface area contributed by atoms with Crippen molar-refractivity contribution < 1.29 is 19.0 Å². The van der Waals surface area contributed by atoms with E-state index in [1.165, 1.54) is 0 Å². The number of benzene rings is 2. The Bertz CT molecular complexity index is 1560. The fourth-order valence-electron chi connectivity index (χ4n) is 5.28. The topological polar surface area (TPSA) is 121 Å². The smallest absolute Gasteiger partial charge is 0.251 e. The van der Waals surface area contributed by atoms with Gasteiger partial charge in [0.05, 0.1) is 16.8 Å². The first-order chi connectivity index (χ1) is 19.0. The van der Waals surface area contributed by atoms with Crippen molar-refractivity contribution in [1.29, 1.82) is 0 Å². The van der Waals surface area contributed by atoms with Crippen molar-refractivity contribution in [3.8, 4) is 28.4 Å². The Morgan fingerprint density at radius 2 is 1.79 bits per heavy atom. The molecule has 0 unspecified atom stereocenters. The lowest BCUT2D eigenvalue weighted by atomic mass is 10.1. The molecule has 0 radical (unpaired) electrons. The van der Waals surface area contributed by atoms with Crippen molar-refractivity contribution in [2.45, 2.75) is 18.9 Å². The van der Waals surface area contributed by atoms with Crippen molar-refractivity contribution in [2.24, 2.45) is 0 Å². The van der Waals surface area contributed by atoms with Gasteiger partial charge in [-0.05, 0) is 55.3 Å². The molecule has 2 saturated heterocycles. The molecule has 1 amide bonds. The van der Waals surface area contributed by atoms with Gasteiger partial charge in [0, 0.05) is 43.4 Å². The Morgan fingerprint density at radius 3 is 2.56 bits per heavy atom. The van der Waals surface area contributed by atoms with Crippen LogP contribution in [0.2, 0.25) is 5.02 Å². The van der Waals surface area contributed by atoms with E-state index in [1.54, 1.807) is 16.8 Å². The first kappa shape index (κ1) is 24.0. The molecule has 2 N–H and O–H groups in total. The Balaban J connectivity index is 1.27. The van der Waals surface area contributed by atoms with E-state index in [4.69, 9.17) is 46.6 Å². The quantitative estimate of drug-likeness (QED) is 0.410. The number of amides is 1. The Labute approximate surface area is 229 Å². The highest BCUT2D eigenvalue weighted by Crippen LogP contribution is 2.39. The third-order valence-electron chi connectivity index (χ3n) is 7.35. The van der Waals surface area contributed by atoms with Crippen molar-refractivity contribution in [1.82, 2.24) is 24.6 Å². The molecule has 3 aliphatic heterocycles. The number of hydrogen-bond acceptors (Lipinski definition) is 9. The van der Waals surface area contributed by atoms with Crippen LogP contribution in [0.15, 0.2) is 42.5 Å². The van der Waals surface area contributed by atoms with Gasteiger partial charge in [0.2, 0.25) is 12.7 Å². The van der Waals surface area contributed by atoms with Gasteiger partial charge in [0.25, 0.3) is 5.91 Å². The third-order valence-corrected chi connectivity index (χ3v) is 7.61. The summed E-state index contributed by atoms with van der Waals surface area (Å²) in [6, 6.07) is 13.0. The van der Waals surface area contributed by atoms with Crippen LogP contribution in [0, 0.1) is 0 Å².